The largest absolute Gasteiger partial charge is 0.493 e. The number of nitrogens with one attached hydrogen (secondary N) is 1. The number of benzene rings is 3. The van der Waals surface area contributed by atoms with Crippen LogP contribution in [-0.2, 0) is 22.8 Å². The van der Waals surface area contributed by atoms with Crippen LogP contribution in [0.4, 0.5) is 13.2 Å². The van der Waals surface area contributed by atoms with E-state index < -0.39 is 17.7 Å². The van der Waals surface area contributed by atoms with E-state index in [0.717, 1.165) is 23.6 Å². The van der Waals surface area contributed by atoms with Crippen molar-refractivity contribution >= 4 is 11.9 Å². The molecule has 40 heavy (non-hydrogen) atoms. The van der Waals surface area contributed by atoms with Gasteiger partial charge in [-0.3, -0.25) is 9.59 Å². The van der Waals surface area contributed by atoms with Gasteiger partial charge in [-0.25, -0.2) is 0 Å². The molecule has 1 amide bonds. The van der Waals surface area contributed by atoms with Crippen LogP contribution in [0.15, 0.2) is 66.7 Å². The van der Waals surface area contributed by atoms with Crippen molar-refractivity contribution in [3.63, 3.8) is 0 Å². The molecule has 1 atom stereocenters. The topological polar surface area (TPSA) is 75.6 Å². The number of amides is 1. The van der Waals surface area contributed by atoms with Gasteiger partial charge in [-0.05, 0) is 70.7 Å². The van der Waals surface area contributed by atoms with Crippen molar-refractivity contribution in [1.82, 2.24) is 5.32 Å². The molecule has 0 spiro atoms. The minimum absolute atomic E-state index is 0.0607. The maximum atomic E-state index is 14.0. The minimum atomic E-state index is -4.53. The first-order chi connectivity index (χ1) is 18.7. The predicted molar refractivity (Wildman–Crippen MR) is 150 cm³/mol. The third-order valence-electron chi connectivity index (χ3n) is 6.66. The van der Waals surface area contributed by atoms with Crippen LogP contribution in [0.5, 0.6) is 5.75 Å². The lowest BCUT2D eigenvalue weighted by Crippen LogP contribution is -2.25. The normalized spacial score (nSPS) is 12.6. The Kier molecular flexibility index (Phi) is 10.0. The summed E-state index contributed by atoms with van der Waals surface area (Å²) in [4.78, 5) is 22.6. The smallest absolute Gasteiger partial charge is 0.417 e. The fourth-order valence-electron chi connectivity index (χ4n) is 4.19. The summed E-state index contributed by atoms with van der Waals surface area (Å²) in [6.07, 6.45) is -3.21. The third kappa shape index (κ3) is 8.86. The monoisotopic (exact) mass is 555 g/mol. The SMILES string of the molecule is CC(CCc1ccc(C(=O)NCCC(=O)O)cc1)COc1ccc(-c2ccc(C(C)(C)C)cc2)c(C(F)(F)F)c1. The average molecular weight is 556 g/mol. The zero-order chi connectivity index (χ0) is 29.5. The van der Waals surface area contributed by atoms with Gasteiger partial charge >= 0.3 is 12.1 Å². The van der Waals surface area contributed by atoms with Gasteiger partial charge in [0.25, 0.3) is 5.91 Å². The van der Waals surface area contributed by atoms with Crippen LogP contribution in [0.25, 0.3) is 11.1 Å². The molecule has 5 nitrogen and oxygen atoms in total. The van der Waals surface area contributed by atoms with Gasteiger partial charge in [-0.1, -0.05) is 70.2 Å². The molecule has 0 radical (unpaired) electrons. The number of alkyl halides is 3. The molecule has 0 saturated carbocycles. The van der Waals surface area contributed by atoms with E-state index in [1.807, 2.05) is 31.2 Å². The minimum Gasteiger partial charge on any atom is -0.493 e. The molecule has 0 aromatic heterocycles. The van der Waals surface area contributed by atoms with E-state index >= 15 is 0 Å². The van der Waals surface area contributed by atoms with Gasteiger partial charge in [-0.15, -0.1) is 0 Å². The summed E-state index contributed by atoms with van der Waals surface area (Å²) in [5, 5.41) is 11.2. The number of halogens is 3. The molecule has 3 aromatic rings. The zero-order valence-corrected chi connectivity index (χ0v) is 23.3. The second kappa shape index (κ2) is 13.0. The number of ether oxygens (including phenoxy) is 1. The van der Waals surface area contributed by atoms with E-state index in [-0.39, 0.29) is 48.1 Å². The zero-order valence-electron chi connectivity index (χ0n) is 23.3. The Bertz CT molecular complexity index is 1290. The summed E-state index contributed by atoms with van der Waals surface area (Å²) in [6, 6.07) is 18.3. The first-order valence-corrected chi connectivity index (χ1v) is 13.3. The molecule has 8 heteroatoms. The summed E-state index contributed by atoms with van der Waals surface area (Å²) in [5.74, 6) is -1.06. The second-order valence-electron chi connectivity index (χ2n) is 11.1. The maximum absolute atomic E-state index is 14.0. The molecule has 0 bridgehead atoms. The summed E-state index contributed by atoms with van der Waals surface area (Å²) >= 11 is 0. The van der Waals surface area contributed by atoms with Gasteiger partial charge in [0, 0.05) is 12.1 Å². The van der Waals surface area contributed by atoms with Crippen molar-refractivity contribution < 1.29 is 32.6 Å². The van der Waals surface area contributed by atoms with Crippen molar-refractivity contribution in [3.05, 3.63) is 89.0 Å². The summed E-state index contributed by atoms with van der Waals surface area (Å²) in [7, 11) is 0. The van der Waals surface area contributed by atoms with Crippen LogP contribution in [0, 0.1) is 5.92 Å². The fourth-order valence-corrected chi connectivity index (χ4v) is 4.19. The standard InChI is InChI=1S/C32H36F3NO4/c1-21(5-6-22-7-9-24(10-8-22)30(39)36-18-17-29(37)38)20-40-26-15-16-27(28(19-26)32(33,34)35)23-11-13-25(14-12-23)31(2,3)4/h7-16,19,21H,5-6,17-18,20H2,1-4H3,(H,36,39)(H,37,38). The number of carbonyl (C=O) groups is 2. The number of hydrogen-bond acceptors (Lipinski definition) is 3. The van der Waals surface area contributed by atoms with E-state index in [1.54, 1.807) is 30.3 Å². The molecule has 0 aliphatic carbocycles. The highest BCUT2D eigenvalue weighted by Crippen LogP contribution is 2.39. The lowest BCUT2D eigenvalue weighted by Gasteiger charge is -2.20. The lowest BCUT2D eigenvalue weighted by atomic mass is 9.86. The van der Waals surface area contributed by atoms with E-state index in [2.05, 4.69) is 26.1 Å². The Labute approximate surface area is 233 Å². The quantitative estimate of drug-likeness (QED) is 0.257. The Morgan fingerprint density at radius 2 is 1.60 bits per heavy atom. The molecule has 0 saturated heterocycles. The third-order valence-corrected chi connectivity index (χ3v) is 6.66. The molecule has 3 rings (SSSR count). The van der Waals surface area contributed by atoms with Crippen molar-refractivity contribution in [2.24, 2.45) is 5.92 Å². The van der Waals surface area contributed by atoms with Crippen molar-refractivity contribution in [1.29, 1.82) is 0 Å². The average Bonchev–Trinajstić information content (AvgIpc) is 2.89. The van der Waals surface area contributed by atoms with E-state index in [0.29, 0.717) is 17.5 Å². The molecule has 3 aromatic carbocycles. The van der Waals surface area contributed by atoms with Crippen molar-refractivity contribution in [2.75, 3.05) is 13.2 Å². The van der Waals surface area contributed by atoms with Crippen LogP contribution in [0.3, 0.4) is 0 Å². The number of carbonyl (C=O) groups excluding carboxylic acids is 1. The number of hydrogen-bond donors (Lipinski definition) is 2. The summed E-state index contributed by atoms with van der Waals surface area (Å²) in [6.45, 7) is 8.47. The summed E-state index contributed by atoms with van der Waals surface area (Å²) in [5.41, 5.74) is 2.30. The van der Waals surface area contributed by atoms with E-state index in [4.69, 9.17) is 9.84 Å². The van der Waals surface area contributed by atoms with Crippen LogP contribution in [0.1, 0.15) is 67.6 Å². The molecule has 0 heterocycles. The van der Waals surface area contributed by atoms with Gasteiger partial charge in [0.15, 0.2) is 0 Å². The predicted octanol–water partition coefficient (Wildman–Crippen LogP) is 7.52. The van der Waals surface area contributed by atoms with Crippen LogP contribution in [0.2, 0.25) is 0 Å². The van der Waals surface area contributed by atoms with Gasteiger partial charge in [-0.2, -0.15) is 13.2 Å². The molecule has 2 N–H and O–H groups in total. The number of aryl methyl sites for hydroxylation is 1. The van der Waals surface area contributed by atoms with E-state index in [1.165, 1.54) is 6.07 Å². The molecule has 0 aliphatic heterocycles. The Morgan fingerprint density at radius 3 is 2.17 bits per heavy atom. The highest BCUT2D eigenvalue weighted by molar-refractivity contribution is 5.94. The lowest BCUT2D eigenvalue weighted by molar-refractivity contribution is -0.138. The molecule has 1 unspecified atom stereocenters. The van der Waals surface area contributed by atoms with Gasteiger partial charge < -0.3 is 15.2 Å². The Morgan fingerprint density at radius 1 is 0.950 bits per heavy atom. The van der Waals surface area contributed by atoms with E-state index in [9.17, 15) is 22.8 Å². The van der Waals surface area contributed by atoms with Crippen molar-refractivity contribution in [3.8, 4) is 16.9 Å². The van der Waals surface area contributed by atoms with Gasteiger partial charge in [0.05, 0.1) is 18.6 Å². The number of carboxylic acids is 1. The molecule has 214 valence electrons. The fraction of sp³-hybridized carbons (Fsp3) is 0.375. The van der Waals surface area contributed by atoms with Gasteiger partial charge in [0.2, 0.25) is 0 Å². The molecular weight excluding hydrogens is 519 g/mol. The second-order valence-corrected chi connectivity index (χ2v) is 11.1. The number of carboxylic acid groups (broad SMARTS) is 1. The first-order valence-electron chi connectivity index (χ1n) is 13.3. The van der Waals surface area contributed by atoms with Crippen LogP contribution in [-0.4, -0.2) is 30.1 Å². The van der Waals surface area contributed by atoms with Crippen molar-refractivity contribution in [2.45, 2.75) is 58.5 Å². The molecule has 0 aliphatic rings. The molecular formula is C32H36F3NO4. The Balaban J connectivity index is 1.58. The highest BCUT2D eigenvalue weighted by Gasteiger charge is 2.34. The van der Waals surface area contributed by atoms with Crippen LogP contribution >= 0.6 is 0 Å². The Hall–Kier alpha value is -3.81. The van der Waals surface area contributed by atoms with Gasteiger partial charge in [0.1, 0.15) is 5.75 Å². The number of aliphatic carboxylic acids is 1. The maximum Gasteiger partial charge on any atom is 0.417 e. The number of rotatable bonds is 11. The summed E-state index contributed by atoms with van der Waals surface area (Å²) < 4.78 is 47.6. The highest BCUT2D eigenvalue weighted by atomic mass is 19.4. The van der Waals surface area contributed by atoms with Crippen LogP contribution < -0.4 is 10.1 Å². The first kappa shape index (κ1) is 30.7. The molecule has 0 fully saturated rings.